The zero-order chi connectivity index (χ0) is 11.1. The summed E-state index contributed by atoms with van der Waals surface area (Å²) in [6.45, 7) is 6.19. The van der Waals surface area contributed by atoms with Crippen molar-refractivity contribution in [3.63, 3.8) is 0 Å². The molecule has 0 radical (unpaired) electrons. The van der Waals surface area contributed by atoms with E-state index in [1.54, 1.807) is 6.20 Å². The SMILES string of the molecule is CC(C)COCCOc1cccnc1Br. The van der Waals surface area contributed by atoms with Crippen molar-refractivity contribution >= 4 is 15.9 Å². The molecule has 3 nitrogen and oxygen atoms in total. The van der Waals surface area contributed by atoms with Crippen molar-refractivity contribution in [2.24, 2.45) is 5.92 Å². The van der Waals surface area contributed by atoms with Crippen molar-refractivity contribution in [1.29, 1.82) is 0 Å². The minimum atomic E-state index is 0.553. The quantitative estimate of drug-likeness (QED) is 0.590. The van der Waals surface area contributed by atoms with E-state index in [-0.39, 0.29) is 0 Å². The lowest BCUT2D eigenvalue weighted by Crippen LogP contribution is -2.10. The average Bonchev–Trinajstić information content (AvgIpc) is 2.20. The molecule has 0 spiro atoms. The lowest BCUT2D eigenvalue weighted by atomic mass is 10.2. The maximum atomic E-state index is 5.48. The zero-order valence-corrected chi connectivity index (χ0v) is 10.7. The molecule has 0 amide bonds. The molecule has 1 rings (SSSR count). The summed E-state index contributed by atoms with van der Waals surface area (Å²) < 4.78 is 11.6. The van der Waals surface area contributed by atoms with Crippen LogP contribution in [0.3, 0.4) is 0 Å². The molecular formula is C11H16BrNO2. The van der Waals surface area contributed by atoms with E-state index in [4.69, 9.17) is 9.47 Å². The second kappa shape index (κ2) is 6.80. The molecule has 0 unspecified atom stereocenters. The number of nitrogens with zero attached hydrogens (tertiary/aromatic N) is 1. The van der Waals surface area contributed by atoms with Crippen LogP contribution in [0.4, 0.5) is 0 Å². The summed E-state index contributed by atoms with van der Waals surface area (Å²) in [7, 11) is 0. The van der Waals surface area contributed by atoms with Gasteiger partial charge in [0.25, 0.3) is 0 Å². The second-order valence-corrected chi connectivity index (χ2v) is 4.36. The van der Waals surface area contributed by atoms with Crippen LogP contribution in [0.5, 0.6) is 5.75 Å². The Hall–Kier alpha value is -0.610. The van der Waals surface area contributed by atoms with Gasteiger partial charge in [0.05, 0.1) is 6.61 Å². The van der Waals surface area contributed by atoms with E-state index in [9.17, 15) is 0 Å². The summed E-state index contributed by atoms with van der Waals surface area (Å²) in [6.07, 6.45) is 1.71. The Morgan fingerprint density at radius 1 is 1.40 bits per heavy atom. The van der Waals surface area contributed by atoms with Crippen molar-refractivity contribution in [1.82, 2.24) is 4.98 Å². The van der Waals surface area contributed by atoms with Gasteiger partial charge in [0, 0.05) is 12.8 Å². The topological polar surface area (TPSA) is 31.4 Å². The van der Waals surface area contributed by atoms with Gasteiger partial charge in [-0.1, -0.05) is 13.8 Å². The number of rotatable bonds is 6. The minimum Gasteiger partial charge on any atom is -0.488 e. The largest absolute Gasteiger partial charge is 0.488 e. The highest BCUT2D eigenvalue weighted by Crippen LogP contribution is 2.20. The molecule has 1 aromatic rings. The predicted molar refractivity (Wildman–Crippen MR) is 63.1 cm³/mol. The van der Waals surface area contributed by atoms with Gasteiger partial charge in [-0.3, -0.25) is 0 Å². The van der Waals surface area contributed by atoms with Crippen LogP contribution in [-0.4, -0.2) is 24.8 Å². The Bertz CT molecular complexity index is 292. The zero-order valence-electron chi connectivity index (χ0n) is 9.07. The molecule has 0 bridgehead atoms. The van der Waals surface area contributed by atoms with Crippen LogP contribution in [0.15, 0.2) is 22.9 Å². The third-order valence-electron chi connectivity index (χ3n) is 1.66. The van der Waals surface area contributed by atoms with Crippen molar-refractivity contribution in [3.05, 3.63) is 22.9 Å². The smallest absolute Gasteiger partial charge is 0.152 e. The molecule has 0 fully saturated rings. The monoisotopic (exact) mass is 273 g/mol. The summed E-state index contributed by atoms with van der Waals surface area (Å²) in [5.41, 5.74) is 0. The molecule has 4 heteroatoms. The van der Waals surface area contributed by atoms with E-state index in [0.29, 0.717) is 19.1 Å². The molecule has 0 saturated carbocycles. The molecule has 15 heavy (non-hydrogen) atoms. The van der Waals surface area contributed by atoms with Crippen molar-refractivity contribution in [2.75, 3.05) is 19.8 Å². The molecule has 0 aromatic carbocycles. The third kappa shape index (κ3) is 5.14. The number of hydrogen-bond acceptors (Lipinski definition) is 3. The number of pyridine rings is 1. The van der Waals surface area contributed by atoms with Gasteiger partial charge in [-0.05, 0) is 34.0 Å². The van der Waals surface area contributed by atoms with Crippen LogP contribution in [0, 0.1) is 5.92 Å². The molecule has 0 aliphatic heterocycles. The van der Waals surface area contributed by atoms with E-state index in [1.807, 2.05) is 12.1 Å². The van der Waals surface area contributed by atoms with Gasteiger partial charge in [-0.15, -0.1) is 0 Å². The Morgan fingerprint density at radius 3 is 2.87 bits per heavy atom. The standard InChI is InChI=1S/C11H16BrNO2/c1-9(2)8-14-6-7-15-10-4-3-5-13-11(10)12/h3-5,9H,6-8H2,1-2H3. The Morgan fingerprint density at radius 2 is 2.20 bits per heavy atom. The van der Waals surface area contributed by atoms with Crippen LogP contribution in [0.1, 0.15) is 13.8 Å². The minimum absolute atomic E-state index is 0.553. The summed E-state index contributed by atoms with van der Waals surface area (Å²) in [5, 5.41) is 0. The molecule has 0 atom stereocenters. The molecule has 1 aromatic heterocycles. The van der Waals surface area contributed by atoms with Gasteiger partial charge in [-0.2, -0.15) is 0 Å². The van der Waals surface area contributed by atoms with Crippen molar-refractivity contribution in [2.45, 2.75) is 13.8 Å². The first kappa shape index (κ1) is 12.5. The highest BCUT2D eigenvalue weighted by atomic mass is 79.9. The van der Waals surface area contributed by atoms with Gasteiger partial charge in [0.1, 0.15) is 11.2 Å². The van der Waals surface area contributed by atoms with Crippen LogP contribution < -0.4 is 4.74 Å². The van der Waals surface area contributed by atoms with Crippen molar-refractivity contribution in [3.8, 4) is 5.75 Å². The van der Waals surface area contributed by atoms with E-state index in [2.05, 4.69) is 34.8 Å². The fraction of sp³-hybridized carbons (Fsp3) is 0.545. The molecule has 0 aliphatic rings. The van der Waals surface area contributed by atoms with E-state index < -0.39 is 0 Å². The maximum absolute atomic E-state index is 5.48. The second-order valence-electron chi connectivity index (χ2n) is 3.61. The van der Waals surface area contributed by atoms with Gasteiger partial charge >= 0.3 is 0 Å². The Labute approximate surface area is 98.9 Å². The van der Waals surface area contributed by atoms with Crippen molar-refractivity contribution < 1.29 is 9.47 Å². The number of ether oxygens (including phenoxy) is 2. The van der Waals surface area contributed by atoms with Gasteiger partial charge in [-0.25, -0.2) is 4.98 Å². The van der Waals surface area contributed by atoms with E-state index in [1.165, 1.54) is 0 Å². The lowest BCUT2D eigenvalue weighted by molar-refractivity contribution is 0.0816. The predicted octanol–water partition coefficient (Wildman–Crippen LogP) is 2.90. The first-order chi connectivity index (χ1) is 7.20. The summed E-state index contributed by atoms with van der Waals surface area (Å²) in [6, 6.07) is 3.72. The first-order valence-electron chi connectivity index (χ1n) is 5.01. The van der Waals surface area contributed by atoms with Crippen LogP contribution in [-0.2, 0) is 4.74 Å². The Balaban J connectivity index is 2.18. The maximum Gasteiger partial charge on any atom is 0.152 e. The molecule has 0 N–H and O–H groups in total. The number of halogens is 1. The van der Waals surface area contributed by atoms with Gasteiger partial charge in [0.2, 0.25) is 0 Å². The number of aromatic nitrogens is 1. The summed E-state index contributed by atoms with van der Waals surface area (Å²) in [5.74, 6) is 1.32. The van der Waals surface area contributed by atoms with Crippen LogP contribution >= 0.6 is 15.9 Å². The van der Waals surface area contributed by atoms with Gasteiger partial charge < -0.3 is 9.47 Å². The fourth-order valence-corrected chi connectivity index (χ4v) is 1.37. The molecule has 0 saturated heterocycles. The van der Waals surface area contributed by atoms with E-state index >= 15 is 0 Å². The fourth-order valence-electron chi connectivity index (χ4n) is 1.01. The first-order valence-corrected chi connectivity index (χ1v) is 5.80. The molecule has 84 valence electrons. The van der Waals surface area contributed by atoms with Crippen LogP contribution in [0.25, 0.3) is 0 Å². The van der Waals surface area contributed by atoms with Crippen LogP contribution in [0.2, 0.25) is 0 Å². The van der Waals surface area contributed by atoms with Gasteiger partial charge in [0.15, 0.2) is 5.75 Å². The average molecular weight is 274 g/mol. The third-order valence-corrected chi connectivity index (χ3v) is 2.26. The van der Waals surface area contributed by atoms with E-state index in [0.717, 1.165) is 17.0 Å². The molecule has 0 aliphatic carbocycles. The summed E-state index contributed by atoms with van der Waals surface area (Å²) >= 11 is 3.31. The highest BCUT2D eigenvalue weighted by molar-refractivity contribution is 9.10. The highest BCUT2D eigenvalue weighted by Gasteiger charge is 2.00. The molecular weight excluding hydrogens is 258 g/mol. The Kier molecular flexibility index (Phi) is 5.65. The number of hydrogen-bond donors (Lipinski definition) is 0. The molecule has 1 heterocycles. The normalized spacial score (nSPS) is 10.7. The summed E-state index contributed by atoms with van der Waals surface area (Å²) in [4.78, 5) is 4.06. The lowest BCUT2D eigenvalue weighted by Gasteiger charge is -2.09.